The van der Waals surface area contributed by atoms with Crippen LogP contribution in [0.2, 0.25) is 0 Å². The maximum atomic E-state index is 12.2. The number of aryl methyl sites for hydroxylation is 1. The SMILES string of the molecule is CN(Cc1ccsc1)C(=O)NCc1nnc2n1CCCCC2. The summed E-state index contributed by atoms with van der Waals surface area (Å²) in [6.45, 7) is 2.01. The van der Waals surface area contributed by atoms with E-state index in [0.717, 1.165) is 36.6 Å². The Morgan fingerprint density at radius 1 is 1.41 bits per heavy atom. The first-order valence-electron chi connectivity index (χ1n) is 7.65. The van der Waals surface area contributed by atoms with E-state index < -0.39 is 0 Å². The second-order valence-electron chi connectivity index (χ2n) is 5.64. The van der Waals surface area contributed by atoms with Gasteiger partial charge in [-0.1, -0.05) is 6.42 Å². The number of nitrogens with zero attached hydrogens (tertiary/aromatic N) is 4. The predicted octanol–water partition coefficient (Wildman–Crippen LogP) is 2.41. The topological polar surface area (TPSA) is 63.1 Å². The maximum Gasteiger partial charge on any atom is 0.317 e. The standard InChI is InChI=1S/C15H21N5OS/c1-19(10-12-6-8-22-11-12)15(21)16-9-14-18-17-13-5-3-2-4-7-20(13)14/h6,8,11H,2-5,7,9-10H2,1H3,(H,16,21). The van der Waals surface area contributed by atoms with Crippen LogP contribution in [-0.2, 0) is 26.1 Å². The van der Waals surface area contributed by atoms with Gasteiger partial charge in [-0.25, -0.2) is 4.79 Å². The minimum atomic E-state index is -0.0860. The smallest absolute Gasteiger partial charge is 0.317 e. The van der Waals surface area contributed by atoms with Crippen molar-refractivity contribution in [3.63, 3.8) is 0 Å². The first-order chi connectivity index (χ1) is 10.7. The van der Waals surface area contributed by atoms with Gasteiger partial charge in [-0.3, -0.25) is 0 Å². The molecule has 3 rings (SSSR count). The number of thiophene rings is 1. The molecule has 1 aliphatic rings. The van der Waals surface area contributed by atoms with Crippen molar-refractivity contribution in [2.75, 3.05) is 7.05 Å². The van der Waals surface area contributed by atoms with Crippen LogP contribution in [-0.4, -0.2) is 32.7 Å². The molecule has 0 aromatic carbocycles. The largest absolute Gasteiger partial charge is 0.331 e. The summed E-state index contributed by atoms with van der Waals surface area (Å²) in [4.78, 5) is 13.8. The molecule has 0 saturated carbocycles. The molecule has 0 saturated heterocycles. The number of hydrogen-bond donors (Lipinski definition) is 1. The number of carbonyl (C=O) groups excluding carboxylic acids is 1. The molecule has 0 spiro atoms. The van der Waals surface area contributed by atoms with Gasteiger partial charge in [0, 0.05) is 26.6 Å². The van der Waals surface area contributed by atoms with Crippen LogP contribution in [0, 0.1) is 0 Å². The fourth-order valence-electron chi connectivity index (χ4n) is 2.69. The average molecular weight is 319 g/mol. The molecular weight excluding hydrogens is 298 g/mol. The van der Waals surface area contributed by atoms with E-state index in [9.17, 15) is 4.79 Å². The van der Waals surface area contributed by atoms with Gasteiger partial charge in [0.05, 0.1) is 6.54 Å². The van der Waals surface area contributed by atoms with Crippen molar-refractivity contribution in [2.45, 2.75) is 45.3 Å². The van der Waals surface area contributed by atoms with Gasteiger partial charge in [-0.05, 0) is 35.2 Å². The third-order valence-corrected chi connectivity index (χ3v) is 4.66. The van der Waals surface area contributed by atoms with Gasteiger partial charge < -0.3 is 14.8 Å². The van der Waals surface area contributed by atoms with E-state index in [1.54, 1.807) is 23.3 Å². The minimum absolute atomic E-state index is 0.0860. The minimum Gasteiger partial charge on any atom is -0.331 e. The van der Waals surface area contributed by atoms with Crippen LogP contribution in [0.25, 0.3) is 0 Å². The van der Waals surface area contributed by atoms with E-state index in [4.69, 9.17) is 0 Å². The number of rotatable bonds is 4. The molecule has 0 radical (unpaired) electrons. The number of carbonyl (C=O) groups is 1. The average Bonchev–Trinajstić information content (AvgIpc) is 3.09. The van der Waals surface area contributed by atoms with Gasteiger partial charge in [-0.2, -0.15) is 11.3 Å². The molecule has 22 heavy (non-hydrogen) atoms. The zero-order chi connectivity index (χ0) is 15.4. The number of aromatic nitrogens is 3. The van der Waals surface area contributed by atoms with Crippen LogP contribution in [0.15, 0.2) is 16.8 Å². The molecule has 0 bridgehead atoms. The van der Waals surface area contributed by atoms with Crippen molar-refractivity contribution in [1.82, 2.24) is 25.0 Å². The molecule has 1 aliphatic heterocycles. The molecule has 0 aliphatic carbocycles. The summed E-state index contributed by atoms with van der Waals surface area (Å²) in [5, 5.41) is 15.5. The van der Waals surface area contributed by atoms with Crippen molar-refractivity contribution in [1.29, 1.82) is 0 Å². The van der Waals surface area contributed by atoms with E-state index in [-0.39, 0.29) is 6.03 Å². The van der Waals surface area contributed by atoms with Gasteiger partial charge in [-0.15, -0.1) is 10.2 Å². The Hall–Kier alpha value is -1.89. The van der Waals surface area contributed by atoms with Crippen LogP contribution in [0.5, 0.6) is 0 Å². The second-order valence-corrected chi connectivity index (χ2v) is 6.42. The predicted molar refractivity (Wildman–Crippen MR) is 85.6 cm³/mol. The number of nitrogens with one attached hydrogen (secondary N) is 1. The number of urea groups is 1. The summed E-state index contributed by atoms with van der Waals surface area (Å²) in [5.74, 6) is 1.91. The Labute approximate surface area is 134 Å². The zero-order valence-electron chi connectivity index (χ0n) is 12.8. The molecule has 2 amide bonds. The monoisotopic (exact) mass is 319 g/mol. The highest BCUT2D eigenvalue weighted by Crippen LogP contribution is 2.14. The Morgan fingerprint density at radius 2 is 2.32 bits per heavy atom. The summed E-state index contributed by atoms with van der Waals surface area (Å²) in [6.07, 6.45) is 4.55. The lowest BCUT2D eigenvalue weighted by atomic mass is 10.2. The van der Waals surface area contributed by atoms with Crippen molar-refractivity contribution < 1.29 is 4.79 Å². The summed E-state index contributed by atoms with van der Waals surface area (Å²) in [5.41, 5.74) is 1.15. The van der Waals surface area contributed by atoms with Crippen molar-refractivity contribution in [2.24, 2.45) is 0 Å². The Bertz CT molecular complexity index is 622. The maximum absolute atomic E-state index is 12.2. The summed E-state index contributed by atoms with van der Waals surface area (Å²) < 4.78 is 2.16. The molecular formula is C15H21N5OS. The number of fused-ring (bicyclic) bond motifs is 1. The lowest BCUT2D eigenvalue weighted by Gasteiger charge is -2.17. The molecule has 0 fully saturated rings. The van der Waals surface area contributed by atoms with Crippen LogP contribution in [0.3, 0.4) is 0 Å². The molecule has 1 N–H and O–H groups in total. The van der Waals surface area contributed by atoms with Crippen LogP contribution in [0.1, 0.15) is 36.5 Å². The lowest BCUT2D eigenvalue weighted by Crippen LogP contribution is -2.36. The molecule has 2 aromatic rings. The molecule has 0 unspecified atom stereocenters. The van der Waals surface area contributed by atoms with Crippen molar-refractivity contribution >= 4 is 17.4 Å². The fourth-order valence-corrected chi connectivity index (χ4v) is 3.35. The first kappa shape index (κ1) is 15.0. The highest BCUT2D eigenvalue weighted by molar-refractivity contribution is 7.07. The second kappa shape index (κ2) is 6.91. The van der Waals surface area contributed by atoms with E-state index in [1.165, 1.54) is 12.8 Å². The number of hydrogen-bond acceptors (Lipinski definition) is 4. The molecule has 2 aromatic heterocycles. The van der Waals surface area contributed by atoms with E-state index in [0.29, 0.717) is 13.1 Å². The lowest BCUT2D eigenvalue weighted by molar-refractivity contribution is 0.206. The van der Waals surface area contributed by atoms with E-state index >= 15 is 0 Å². The van der Waals surface area contributed by atoms with Gasteiger partial charge in [0.1, 0.15) is 5.82 Å². The molecule has 7 heteroatoms. The van der Waals surface area contributed by atoms with Gasteiger partial charge in [0.15, 0.2) is 5.82 Å². The van der Waals surface area contributed by atoms with E-state index in [2.05, 4.69) is 25.5 Å². The Morgan fingerprint density at radius 3 is 3.14 bits per heavy atom. The highest BCUT2D eigenvalue weighted by atomic mass is 32.1. The molecule has 3 heterocycles. The van der Waals surface area contributed by atoms with Crippen LogP contribution < -0.4 is 5.32 Å². The molecule has 6 nitrogen and oxygen atoms in total. The van der Waals surface area contributed by atoms with Gasteiger partial charge in [0.2, 0.25) is 0 Å². The fraction of sp³-hybridized carbons (Fsp3) is 0.533. The Balaban J connectivity index is 1.56. The third kappa shape index (κ3) is 3.47. The normalized spacial score (nSPS) is 14.2. The van der Waals surface area contributed by atoms with E-state index in [1.807, 2.05) is 11.4 Å². The molecule has 118 valence electrons. The van der Waals surface area contributed by atoms with Crippen LogP contribution in [0.4, 0.5) is 4.79 Å². The van der Waals surface area contributed by atoms with Crippen LogP contribution >= 0.6 is 11.3 Å². The summed E-state index contributed by atoms with van der Waals surface area (Å²) in [6, 6.07) is 1.95. The number of amides is 2. The van der Waals surface area contributed by atoms with Gasteiger partial charge >= 0.3 is 6.03 Å². The quantitative estimate of drug-likeness (QED) is 0.941. The summed E-state index contributed by atoms with van der Waals surface area (Å²) >= 11 is 1.64. The first-order valence-corrected chi connectivity index (χ1v) is 8.59. The highest BCUT2D eigenvalue weighted by Gasteiger charge is 2.16. The van der Waals surface area contributed by atoms with Crippen molar-refractivity contribution in [3.8, 4) is 0 Å². The van der Waals surface area contributed by atoms with Crippen molar-refractivity contribution in [3.05, 3.63) is 34.0 Å². The summed E-state index contributed by atoms with van der Waals surface area (Å²) in [7, 11) is 1.80. The Kier molecular flexibility index (Phi) is 4.72. The molecule has 0 atom stereocenters. The van der Waals surface area contributed by atoms with Gasteiger partial charge in [0.25, 0.3) is 0 Å². The zero-order valence-corrected chi connectivity index (χ0v) is 13.6. The third-order valence-electron chi connectivity index (χ3n) is 3.93.